The number of carboxylic acids is 1. The van der Waals surface area contributed by atoms with Gasteiger partial charge in [-0.2, -0.15) is 0 Å². The standard InChI is InChI=1S/C13H11FN2O3/c14-10-3-1-2-8(6-10)12-15-7-9(13(19)16-12)4-5-11(17)18/h1-3,6-7H,4-5H2,(H,17,18)(H,15,16,19). The monoisotopic (exact) mass is 262 g/mol. The Balaban J connectivity index is 2.28. The van der Waals surface area contributed by atoms with Crippen LogP contribution in [0.2, 0.25) is 0 Å². The fourth-order valence-corrected chi connectivity index (χ4v) is 1.62. The summed E-state index contributed by atoms with van der Waals surface area (Å²) < 4.78 is 13.1. The van der Waals surface area contributed by atoms with Crippen molar-refractivity contribution in [1.82, 2.24) is 9.97 Å². The number of rotatable bonds is 4. The maximum absolute atomic E-state index is 13.1. The Labute approximate surface area is 107 Å². The molecule has 2 aromatic rings. The van der Waals surface area contributed by atoms with Crippen molar-refractivity contribution in [3.05, 3.63) is 52.2 Å². The number of aromatic nitrogens is 2. The third-order valence-electron chi connectivity index (χ3n) is 2.58. The van der Waals surface area contributed by atoms with Crippen LogP contribution in [0.25, 0.3) is 11.4 Å². The molecular weight excluding hydrogens is 251 g/mol. The van der Waals surface area contributed by atoms with Crippen molar-refractivity contribution in [1.29, 1.82) is 0 Å². The van der Waals surface area contributed by atoms with E-state index in [0.717, 1.165) is 0 Å². The summed E-state index contributed by atoms with van der Waals surface area (Å²) in [6.07, 6.45) is 1.30. The molecular formula is C13H11FN2O3. The minimum Gasteiger partial charge on any atom is -0.481 e. The lowest BCUT2D eigenvalue weighted by Crippen LogP contribution is -2.15. The highest BCUT2D eigenvalue weighted by Gasteiger charge is 2.07. The zero-order valence-corrected chi connectivity index (χ0v) is 9.89. The molecule has 0 atom stereocenters. The van der Waals surface area contributed by atoms with Crippen molar-refractivity contribution < 1.29 is 14.3 Å². The largest absolute Gasteiger partial charge is 0.481 e. The topological polar surface area (TPSA) is 83.0 Å². The van der Waals surface area contributed by atoms with Crippen LogP contribution in [0, 0.1) is 5.82 Å². The van der Waals surface area contributed by atoms with Gasteiger partial charge in [-0.05, 0) is 18.6 Å². The molecule has 2 rings (SSSR count). The first-order chi connectivity index (χ1) is 9.06. The number of aryl methyl sites for hydroxylation is 1. The van der Waals surface area contributed by atoms with Crippen LogP contribution in [-0.2, 0) is 11.2 Å². The van der Waals surface area contributed by atoms with Crippen LogP contribution in [0.3, 0.4) is 0 Å². The number of benzene rings is 1. The molecule has 0 saturated heterocycles. The normalized spacial score (nSPS) is 10.4. The summed E-state index contributed by atoms with van der Waals surface area (Å²) in [5, 5.41) is 8.55. The Morgan fingerprint density at radius 2 is 2.21 bits per heavy atom. The molecule has 0 unspecified atom stereocenters. The van der Waals surface area contributed by atoms with Gasteiger partial charge >= 0.3 is 5.97 Å². The third kappa shape index (κ3) is 3.25. The van der Waals surface area contributed by atoms with Crippen molar-refractivity contribution in [2.45, 2.75) is 12.8 Å². The molecule has 0 aliphatic heterocycles. The van der Waals surface area contributed by atoms with E-state index in [-0.39, 0.29) is 18.7 Å². The number of aromatic amines is 1. The van der Waals surface area contributed by atoms with Crippen LogP contribution < -0.4 is 5.56 Å². The number of hydrogen-bond donors (Lipinski definition) is 2. The first-order valence-corrected chi connectivity index (χ1v) is 5.62. The fourth-order valence-electron chi connectivity index (χ4n) is 1.62. The highest BCUT2D eigenvalue weighted by atomic mass is 19.1. The van der Waals surface area contributed by atoms with Crippen LogP contribution in [0.4, 0.5) is 4.39 Å². The molecule has 0 saturated carbocycles. The summed E-state index contributed by atoms with van der Waals surface area (Å²) in [6, 6.07) is 5.69. The van der Waals surface area contributed by atoms with Crippen LogP contribution in [-0.4, -0.2) is 21.0 Å². The second kappa shape index (κ2) is 5.43. The number of aliphatic carboxylic acids is 1. The van der Waals surface area contributed by atoms with Crippen LogP contribution >= 0.6 is 0 Å². The van der Waals surface area contributed by atoms with E-state index in [1.54, 1.807) is 6.07 Å². The van der Waals surface area contributed by atoms with Gasteiger partial charge in [-0.1, -0.05) is 12.1 Å². The number of carbonyl (C=O) groups is 1. The maximum Gasteiger partial charge on any atom is 0.303 e. The average molecular weight is 262 g/mol. The molecule has 1 aromatic heterocycles. The van der Waals surface area contributed by atoms with Gasteiger partial charge in [0.25, 0.3) is 5.56 Å². The van der Waals surface area contributed by atoms with Crippen LogP contribution in [0.1, 0.15) is 12.0 Å². The van der Waals surface area contributed by atoms with Gasteiger partial charge in [0.15, 0.2) is 0 Å². The molecule has 0 amide bonds. The molecule has 0 fully saturated rings. The van der Waals surface area contributed by atoms with Gasteiger partial charge in [-0.3, -0.25) is 9.59 Å². The zero-order valence-electron chi connectivity index (χ0n) is 9.89. The van der Waals surface area contributed by atoms with E-state index in [2.05, 4.69) is 9.97 Å². The van der Waals surface area contributed by atoms with Crippen LogP contribution in [0.5, 0.6) is 0 Å². The van der Waals surface area contributed by atoms with E-state index < -0.39 is 17.3 Å². The molecule has 1 aromatic carbocycles. The fraction of sp³-hybridized carbons (Fsp3) is 0.154. The van der Waals surface area contributed by atoms with Crippen molar-refractivity contribution >= 4 is 5.97 Å². The molecule has 98 valence electrons. The number of hydrogen-bond acceptors (Lipinski definition) is 3. The van der Waals surface area contributed by atoms with E-state index in [1.165, 1.54) is 24.4 Å². The average Bonchev–Trinajstić information content (AvgIpc) is 2.37. The van der Waals surface area contributed by atoms with E-state index in [4.69, 9.17) is 5.11 Å². The molecule has 0 bridgehead atoms. The predicted molar refractivity (Wildman–Crippen MR) is 66.2 cm³/mol. The highest BCUT2D eigenvalue weighted by molar-refractivity contribution is 5.67. The molecule has 2 N–H and O–H groups in total. The first-order valence-electron chi connectivity index (χ1n) is 5.62. The molecule has 0 aliphatic carbocycles. The summed E-state index contributed by atoms with van der Waals surface area (Å²) >= 11 is 0. The number of H-pyrrole nitrogens is 1. The van der Waals surface area contributed by atoms with Gasteiger partial charge in [0, 0.05) is 23.7 Å². The van der Waals surface area contributed by atoms with Gasteiger partial charge in [-0.25, -0.2) is 9.37 Å². The third-order valence-corrected chi connectivity index (χ3v) is 2.58. The minimum absolute atomic E-state index is 0.112. The van der Waals surface area contributed by atoms with Gasteiger partial charge in [0.2, 0.25) is 0 Å². The summed E-state index contributed by atoms with van der Waals surface area (Å²) in [7, 11) is 0. The lowest BCUT2D eigenvalue weighted by atomic mass is 10.1. The maximum atomic E-state index is 13.1. The Hall–Kier alpha value is -2.50. The first kappa shape index (κ1) is 12.9. The van der Waals surface area contributed by atoms with E-state index >= 15 is 0 Å². The lowest BCUT2D eigenvalue weighted by Gasteiger charge is -2.02. The van der Waals surface area contributed by atoms with Crippen molar-refractivity contribution in [2.24, 2.45) is 0 Å². The molecule has 0 aliphatic rings. The predicted octanol–water partition coefficient (Wildman–Crippen LogP) is 1.59. The van der Waals surface area contributed by atoms with Gasteiger partial charge in [0.1, 0.15) is 11.6 Å². The van der Waals surface area contributed by atoms with E-state index in [0.29, 0.717) is 11.1 Å². The molecule has 6 heteroatoms. The molecule has 5 nitrogen and oxygen atoms in total. The SMILES string of the molecule is O=C(O)CCc1cnc(-c2cccc(F)c2)[nH]c1=O. The highest BCUT2D eigenvalue weighted by Crippen LogP contribution is 2.14. The smallest absolute Gasteiger partial charge is 0.303 e. The summed E-state index contributed by atoms with van der Waals surface area (Å²) in [4.78, 5) is 28.7. The Morgan fingerprint density at radius 3 is 2.84 bits per heavy atom. The number of halogens is 1. The lowest BCUT2D eigenvalue weighted by molar-refractivity contribution is -0.136. The molecule has 0 radical (unpaired) electrons. The molecule has 0 spiro atoms. The quantitative estimate of drug-likeness (QED) is 0.876. The number of carboxylic acid groups (broad SMARTS) is 1. The Morgan fingerprint density at radius 1 is 1.42 bits per heavy atom. The van der Waals surface area contributed by atoms with Gasteiger partial charge in [0.05, 0.1) is 0 Å². The van der Waals surface area contributed by atoms with E-state index in [1.807, 2.05) is 0 Å². The van der Waals surface area contributed by atoms with E-state index in [9.17, 15) is 14.0 Å². The summed E-state index contributed by atoms with van der Waals surface area (Å²) in [6.45, 7) is 0. The zero-order chi connectivity index (χ0) is 13.8. The Bertz CT molecular complexity index is 667. The number of nitrogens with zero attached hydrogens (tertiary/aromatic N) is 1. The second-order valence-corrected chi connectivity index (χ2v) is 3.99. The molecule has 1 heterocycles. The summed E-state index contributed by atoms with van der Waals surface area (Å²) in [5.74, 6) is -1.15. The summed E-state index contributed by atoms with van der Waals surface area (Å²) in [5.41, 5.74) is 0.347. The van der Waals surface area contributed by atoms with Gasteiger partial charge < -0.3 is 10.1 Å². The van der Waals surface area contributed by atoms with Crippen molar-refractivity contribution in [2.75, 3.05) is 0 Å². The van der Waals surface area contributed by atoms with Crippen molar-refractivity contribution in [3.63, 3.8) is 0 Å². The van der Waals surface area contributed by atoms with Gasteiger partial charge in [-0.15, -0.1) is 0 Å². The van der Waals surface area contributed by atoms with Crippen LogP contribution in [0.15, 0.2) is 35.3 Å². The molecule has 19 heavy (non-hydrogen) atoms. The second-order valence-electron chi connectivity index (χ2n) is 3.99. The Kier molecular flexibility index (Phi) is 3.70. The minimum atomic E-state index is -0.978. The number of nitrogens with one attached hydrogen (secondary N) is 1. The van der Waals surface area contributed by atoms with Crippen molar-refractivity contribution in [3.8, 4) is 11.4 Å².